The molecule has 2 aromatic carbocycles. The molecule has 24 heavy (non-hydrogen) atoms. The van der Waals surface area contributed by atoms with Gasteiger partial charge in [-0.1, -0.05) is 48.0 Å². The molecule has 1 amide bonds. The van der Waals surface area contributed by atoms with Gasteiger partial charge in [-0.3, -0.25) is 14.2 Å². The molecule has 5 heteroatoms. The molecule has 122 valence electrons. The SMILES string of the molecule is Cc1cc2ccccc2n(CC(=O)NCc2ccccc2Cl)c1=O. The molecule has 0 bridgehead atoms. The topological polar surface area (TPSA) is 51.1 Å². The number of aromatic nitrogens is 1. The Morgan fingerprint density at radius 2 is 1.83 bits per heavy atom. The summed E-state index contributed by atoms with van der Waals surface area (Å²) >= 11 is 6.09. The van der Waals surface area contributed by atoms with Gasteiger partial charge in [0.05, 0.1) is 5.52 Å². The smallest absolute Gasteiger partial charge is 0.254 e. The van der Waals surface area contributed by atoms with Crippen LogP contribution in [0.5, 0.6) is 0 Å². The molecule has 0 unspecified atom stereocenters. The number of carbonyl (C=O) groups excluding carboxylic acids is 1. The quantitative estimate of drug-likeness (QED) is 0.792. The number of rotatable bonds is 4. The molecule has 0 fully saturated rings. The van der Waals surface area contributed by atoms with Gasteiger partial charge in [0, 0.05) is 17.1 Å². The largest absolute Gasteiger partial charge is 0.350 e. The molecular formula is C19H17ClN2O2. The average Bonchev–Trinajstić information content (AvgIpc) is 2.58. The van der Waals surface area contributed by atoms with Crippen LogP contribution in [0.1, 0.15) is 11.1 Å². The molecule has 1 heterocycles. The van der Waals surface area contributed by atoms with E-state index in [0.717, 1.165) is 16.5 Å². The molecule has 0 atom stereocenters. The molecule has 3 rings (SSSR count). The summed E-state index contributed by atoms with van der Waals surface area (Å²) in [5, 5.41) is 4.36. The van der Waals surface area contributed by atoms with E-state index in [4.69, 9.17) is 11.6 Å². The average molecular weight is 341 g/mol. The van der Waals surface area contributed by atoms with Gasteiger partial charge in [0.1, 0.15) is 6.54 Å². The fraction of sp³-hybridized carbons (Fsp3) is 0.158. The van der Waals surface area contributed by atoms with Gasteiger partial charge < -0.3 is 5.32 Å². The number of fused-ring (bicyclic) bond motifs is 1. The molecule has 0 aliphatic carbocycles. The van der Waals surface area contributed by atoms with E-state index in [9.17, 15) is 9.59 Å². The Labute approximate surface area is 144 Å². The van der Waals surface area contributed by atoms with Gasteiger partial charge in [-0.15, -0.1) is 0 Å². The fourth-order valence-electron chi connectivity index (χ4n) is 2.66. The molecule has 0 radical (unpaired) electrons. The second kappa shape index (κ2) is 6.89. The van der Waals surface area contributed by atoms with Crippen LogP contribution in [-0.4, -0.2) is 10.5 Å². The first-order chi connectivity index (χ1) is 11.6. The van der Waals surface area contributed by atoms with Crippen molar-refractivity contribution in [2.24, 2.45) is 0 Å². The highest BCUT2D eigenvalue weighted by atomic mass is 35.5. The number of nitrogens with zero attached hydrogens (tertiary/aromatic N) is 1. The van der Waals surface area contributed by atoms with E-state index in [2.05, 4.69) is 5.32 Å². The third-order valence-corrected chi connectivity index (χ3v) is 4.29. The zero-order chi connectivity index (χ0) is 17.1. The third kappa shape index (κ3) is 3.34. The molecule has 0 spiro atoms. The van der Waals surface area contributed by atoms with Crippen LogP contribution in [0.4, 0.5) is 0 Å². The second-order valence-corrected chi connectivity index (χ2v) is 6.05. The predicted octanol–water partition coefficient (Wildman–Crippen LogP) is 3.28. The summed E-state index contributed by atoms with van der Waals surface area (Å²) in [7, 11) is 0. The Morgan fingerprint density at radius 1 is 1.12 bits per heavy atom. The molecule has 1 aromatic heterocycles. The van der Waals surface area contributed by atoms with Gasteiger partial charge in [-0.25, -0.2) is 0 Å². The van der Waals surface area contributed by atoms with Gasteiger partial charge in [0.25, 0.3) is 5.56 Å². The number of halogens is 1. The number of pyridine rings is 1. The lowest BCUT2D eigenvalue weighted by atomic mass is 10.1. The van der Waals surface area contributed by atoms with Crippen molar-refractivity contribution in [2.45, 2.75) is 20.0 Å². The lowest BCUT2D eigenvalue weighted by Gasteiger charge is -2.12. The maximum absolute atomic E-state index is 12.4. The second-order valence-electron chi connectivity index (χ2n) is 5.65. The molecule has 0 saturated heterocycles. The highest BCUT2D eigenvalue weighted by molar-refractivity contribution is 6.31. The van der Waals surface area contributed by atoms with Gasteiger partial charge in [0.2, 0.25) is 5.91 Å². The van der Waals surface area contributed by atoms with Crippen molar-refractivity contribution in [3.8, 4) is 0 Å². The van der Waals surface area contributed by atoms with E-state index < -0.39 is 0 Å². The highest BCUT2D eigenvalue weighted by Crippen LogP contribution is 2.15. The summed E-state index contributed by atoms with van der Waals surface area (Å²) in [6.07, 6.45) is 0. The van der Waals surface area contributed by atoms with Crippen molar-refractivity contribution in [1.29, 1.82) is 0 Å². The van der Waals surface area contributed by atoms with E-state index in [-0.39, 0.29) is 18.0 Å². The molecule has 0 aliphatic heterocycles. The monoisotopic (exact) mass is 340 g/mol. The normalized spacial score (nSPS) is 10.8. The van der Waals surface area contributed by atoms with E-state index in [1.807, 2.05) is 48.5 Å². The number of amides is 1. The number of hydrogen-bond donors (Lipinski definition) is 1. The van der Waals surface area contributed by atoms with E-state index in [1.54, 1.807) is 13.0 Å². The number of carbonyl (C=O) groups is 1. The summed E-state index contributed by atoms with van der Waals surface area (Å²) in [6, 6.07) is 16.7. The first kappa shape index (κ1) is 16.3. The molecule has 0 saturated carbocycles. The minimum absolute atomic E-state index is 0.0223. The third-order valence-electron chi connectivity index (χ3n) is 3.92. The van der Waals surface area contributed by atoms with E-state index in [0.29, 0.717) is 17.1 Å². The van der Waals surface area contributed by atoms with Gasteiger partial charge in [-0.2, -0.15) is 0 Å². The number of hydrogen-bond acceptors (Lipinski definition) is 2. The van der Waals surface area contributed by atoms with Crippen LogP contribution in [0.3, 0.4) is 0 Å². The molecular weight excluding hydrogens is 324 g/mol. The zero-order valence-corrected chi connectivity index (χ0v) is 14.0. The van der Waals surface area contributed by atoms with Crippen molar-refractivity contribution in [3.05, 3.63) is 81.1 Å². The number of aryl methyl sites for hydroxylation is 1. The van der Waals surface area contributed by atoms with Crippen LogP contribution in [0.2, 0.25) is 5.02 Å². The number of nitrogens with one attached hydrogen (secondary N) is 1. The maximum Gasteiger partial charge on any atom is 0.254 e. The van der Waals surface area contributed by atoms with Crippen molar-refractivity contribution in [2.75, 3.05) is 0 Å². The van der Waals surface area contributed by atoms with Crippen molar-refractivity contribution < 1.29 is 4.79 Å². The van der Waals surface area contributed by atoms with Crippen molar-refractivity contribution >= 4 is 28.4 Å². The summed E-state index contributed by atoms with van der Waals surface area (Å²) in [4.78, 5) is 24.7. The maximum atomic E-state index is 12.4. The van der Waals surface area contributed by atoms with Gasteiger partial charge in [0.15, 0.2) is 0 Å². The fourth-order valence-corrected chi connectivity index (χ4v) is 2.87. The molecule has 3 aromatic rings. The Hall–Kier alpha value is -2.59. The Kier molecular flexibility index (Phi) is 4.67. The van der Waals surface area contributed by atoms with Crippen molar-refractivity contribution in [3.63, 3.8) is 0 Å². The standard InChI is InChI=1S/C19H17ClN2O2/c1-13-10-14-6-3-5-9-17(14)22(19(13)24)12-18(23)21-11-15-7-2-4-8-16(15)20/h2-10H,11-12H2,1H3,(H,21,23). The molecule has 0 aliphatic rings. The van der Waals surface area contributed by atoms with Crippen LogP contribution in [0, 0.1) is 6.92 Å². The van der Waals surface area contributed by atoms with Crippen LogP contribution in [0.15, 0.2) is 59.4 Å². The minimum Gasteiger partial charge on any atom is -0.350 e. The first-order valence-corrected chi connectivity index (χ1v) is 8.03. The van der Waals surface area contributed by atoms with Crippen LogP contribution in [-0.2, 0) is 17.9 Å². The van der Waals surface area contributed by atoms with Crippen LogP contribution in [0.25, 0.3) is 10.9 Å². The van der Waals surface area contributed by atoms with Crippen molar-refractivity contribution in [1.82, 2.24) is 9.88 Å². The summed E-state index contributed by atoms with van der Waals surface area (Å²) in [5.74, 6) is -0.229. The number of benzene rings is 2. The lowest BCUT2D eigenvalue weighted by molar-refractivity contribution is -0.121. The molecule has 4 nitrogen and oxygen atoms in total. The summed E-state index contributed by atoms with van der Waals surface area (Å²) in [6.45, 7) is 2.06. The van der Waals surface area contributed by atoms with E-state index >= 15 is 0 Å². The first-order valence-electron chi connectivity index (χ1n) is 7.65. The Balaban J connectivity index is 1.82. The van der Waals surface area contributed by atoms with E-state index in [1.165, 1.54) is 4.57 Å². The minimum atomic E-state index is -0.229. The van der Waals surface area contributed by atoms with Crippen LogP contribution >= 0.6 is 11.6 Å². The Bertz CT molecular complexity index is 963. The van der Waals surface area contributed by atoms with Gasteiger partial charge in [-0.05, 0) is 36.1 Å². The Morgan fingerprint density at radius 3 is 2.62 bits per heavy atom. The zero-order valence-electron chi connectivity index (χ0n) is 13.3. The summed E-state index contributed by atoms with van der Waals surface area (Å²) in [5.41, 5.74) is 2.06. The number of para-hydroxylation sites is 1. The van der Waals surface area contributed by atoms with Crippen LogP contribution < -0.4 is 10.9 Å². The summed E-state index contributed by atoms with van der Waals surface area (Å²) < 4.78 is 1.51. The highest BCUT2D eigenvalue weighted by Gasteiger charge is 2.10. The lowest BCUT2D eigenvalue weighted by Crippen LogP contribution is -2.33. The molecule has 1 N–H and O–H groups in total. The predicted molar refractivity (Wildman–Crippen MR) is 96.2 cm³/mol. The van der Waals surface area contributed by atoms with Gasteiger partial charge >= 0.3 is 0 Å².